The Balaban J connectivity index is 2.77. The maximum Gasteiger partial charge on any atom is 0.261 e. The van der Waals surface area contributed by atoms with E-state index in [4.69, 9.17) is 4.74 Å². The summed E-state index contributed by atoms with van der Waals surface area (Å²) in [4.78, 5) is 12.5. The fraction of sp³-hybridized carbons (Fsp3) is 0.632. The van der Waals surface area contributed by atoms with Crippen molar-refractivity contribution in [3.8, 4) is 5.75 Å². The Morgan fingerprint density at radius 3 is 2.14 bits per heavy atom. The van der Waals surface area contributed by atoms with Gasteiger partial charge >= 0.3 is 0 Å². The van der Waals surface area contributed by atoms with Crippen LogP contribution in [0.3, 0.4) is 0 Å². The van der Waals surface area contributed by atoms with Crippen LogP contribution >= 0.6 is 0 Å². The average Bonchev–Trinajstić information content (AvgIpc) is 2.44. The molecule has 0 radical (unpaired) electrons. The van der Waals surface area contributed by atoms with E-state index < -0.39 is 6.10 Å². The third-order valence-electron chi connectivity index (χ3n) is 4.17. The fourth-order valence-corrected chi connectivity index (χ4v) is 2.63. The van der Waals surface area contributed by atoms with Crippen LogP contribution in [0.4, 0.5) is 0 Å². The van der Waals surface area contributed by atoms with E-state index in [1.807, 2.05) is 25.1 Å². The van der Waals surface area contributed by atoms with E-state index in [0.717, 1.165) is 5.75 Å². The van der Waals surface area contributed by atoms with Crippen molar-refractivity contribution in [1.29, 1.82) is 0 Å². The minimum Gasteiger partial charge on any atom is -0.481 e. The third-order valence-corrected chi connectivity index (χ3v) is 4.17. The molecule has 0 aliphatic heterocycles. The summed E-state index contributed by atoms with van der Waals surface area (Å²) in [6.45, 7) is 14.6. The van der Waals surface area contributed by atoms with Crippen molar-refractivity contribution in [2.24, 2.45) is 11.8 Å². The highest BCUT2D eigenvalue weighted by molar-refractivity contribution is 5.81. The molecule has 0 heterocycles. The van der Waals surface area contributed by atoms with E-state index >= 15 is 0 Å². The molecule has 0 aliphatic rings. The largest absolute Gasteiger partial charge is 0.481 e. The molecule has 3 nitrogen and oxygen atoms in total. The molecule has 3 heteroatoms. The summed E-state index contributed by atoms with van der Waals surface area (Å²) in [6.07, 6.45) is 0.212. The summed E-state index contributed by atoms with van der Waals surface area (Å²) in [7, 11) is 0. The summed E-state index contributed by atoms with van der Waals surface area (Å²) < 4.78 is 5.91. The Kier molecular flexibility index (Phi) is 6.92. The second-order valence-electron chi connectivity index (χ2n) is 6.78. The lowest BCUT2D eigenvalue weighted by Crippen LogP contribution is -2.48. The molecule has 22 heavy (non-hydrogen) atoms. The molecule has 1 N–H and O–H groups in total. The van der Waals surface area contributed by atoms with Gasteiger partial charge in [-0.3, -0.25) is 4.79 Å². The predicted molar refractivity (Wildman–Crippen MR) is 92.2 cm³/mol. The van der Waals surface area contributed by atoms with Gasteiger partial charge in [0.15, 0.2) is 6.10 Å². The average molecular weight is 305 g/mol. The quantitative estimate of drug-likeness (QED) is 0.817. The molecule has 1 amide bonds. The molecule has 0 bridgehead atoms. The van der Waals surface area contributed by atoms with Gasteiger partial charge in [-0.25, -0.2) is 0 Å². The third kappa shape index (κ3) is 5.04. The fourth-order valence-electron chi connectivity index (χ4n) is 2.63. The number of carbonyl (C=O) groups excluding carboxylic acids is 1. The lowest BCUT2D eigenvalue weighted by atomic mass is 9.93. The van der Waals surface area contributed by atoms with E-state index in [-0.39, 0.29) is 11.9 Å². The van der Waals surface area contributed by atoms with Gasteiger partial charge in [0.05, 0.1) is 0 Å². The summed E-state index contributed by atoms with van der Waals surface area (Å²) in [6, 6.07) is 6.12. The molecule has 0 saturated heterocycles. The van der Waals surface area contributed by atoms with Gasteiger partial charge in [0.1, 0.15) is 5.75 Å². The van der Waals surface area contributed by atoms with Crippen molar-refractivity contribution < 1.29 is 9.53 Å². The molecular formula is C19H31NO2. The number of nitrogens with one attached hydrogen (secondary N) is 1. The van der Waals surface area contributed by atoms with Crippen LogP contribution in [0.15, 0.2) is 18.2 Å². The lowest BCUT2D eigenvalue weighted by molar-refractivity contribution is -0.129. The van der Waals surface area contributed by atoms with Crippen molar-refractivity contribution >= 4 is 5.91 Å². The number of aryl methyl sites for hydroxylation is 2. The van der Waals surface area contributed by atoms with Crippen LogP contribution in [0.1, 0.15) is 52.2 Å². The van der Waals surface area contributed by atoms with Crippen LogP contribution in [0.5, 0.6) is 5.75 Å². The molecule has 0 spiro atoms. The zero-order chi connectivity index (χ0) is 16.9. The van der Waals surface area contributed by atoms with Crippen molar-refractivity contribution in [2.45, 2.75) is 67.0 Å². The molecule has 1 aromatic carbocycles. The number of amides is 1. The first-order valence-electron chi connectivity index (χ1n) is 8.30. The van der Waals surface area contributed by atoms with E-state index in [2.05, 4.69) is 46.9 Å². The normalized spacial score (nSPS) is 12.8. The first-order valence-corrected chi connectivity index (χ1v) is 8.30. The van der Waals surface area contributed by atoms with Gasteiger partial charge in [-0.15, -0.1) is 0 Å². The molecule has 0 aliphatic carbocycles. The number of carbonyl (C=O) groups is 1. The zero-order valence-electron chi connectivity index (χ0n) is 15.1. The summed E-state index contributed by atoms with van der Waals surface area (Å²) in [5.74, 6) is 1.55. The Labute approximate surface area is 135 Å². The molecule has 1 aromatic rings. The molecule has 0 unspecified atom stereocenters. The number of benzene rings is 1. The standard InChI is InChI=1S/C19H31NO2/c1-8-17(19(21)20-18(12(2)3)13(4)5)22-16-10-9-14(6)15(7)11-16/h9-13,17-18H,8H2,1-7H3,(H,20,21)/t17-/m1/s1. The molecule has 0 saturated carbocycles. The molecule has 1 rings (SSSR count). The number of hydrogen-bond donors (Lipinski definition) is 1. The van der Waals surface area contributed by atoms with Crippen LogP contribution in [-0.4, -0.2) is 18.1 Å². The SMILES string of the molecule is CC[C@@H](Oc1ccc(C)c(C)c1)C(=O)NC(C(C)C)C(C)C. The first-order chi connectivity index (χ1) is 10.3. The Morgan fingerprint density at radius 2 is 1.68 bits per heavy atom. The summed E-state index contributed by atoms with van der Waals surface area (Å²) >= 11 is 0. The smallest absolute Gasteiger partial charge is 0.261 e. The minimum atomic E-state index is -0.442. The van der Waals surface area contributed by atoms with Crippen molar-refractivity contribution in [3.05, 3.63) is 29.3 Å². The van der Waals surface area contributed by atoms with Gasteiger partial charge in [-0.1, -0.05) is 40.7 Å². The molecule has 124 valence electrons. The summed E-state index contributed by atoms with van der Waals surface area (Å²) in [5.41, 5.74) is 2.40. The van der Waals surface area contributed by atoms with Crippen molar-refractivity contribution in [1.82, 2.24) is 5.32 Å². The highest BCUT2D eigenvalue weighted by atomic mass is 16.5. The van der Waals surface area contributed by atoms with E-state index in [1.54, 1.807) is 0 Å². The van der Waals surface area contributed by atoms with Crippen LogP contribution in [-0.2, 0) is 4.79 Å². The van der Waals surface area contributed by atoms with Gasteiger partial charge < -0.3 is 10.1 Å². The van der Waals surface area contributed by atoms with Crippen LogP contribution < -0.4 is 10.1 Å². The molecular weight excluding hydrogens is 274 g/mol. The van der Waals surface area contributed by atoms with Crippen LogP contribution in [0.25, 0.3) is 0 Å². The Morgan fingerprint density at radius 1 is 1.09 bits per heavy atom. The predicted octanol–water partition coefficient (Wildman–Crippen LogP) is 4.26. The van der Waals surface area contributed by atoms with Gasteiger partial charge in [-0.05, 0) is 55.4 Å². The van der Waals surface area contributed by atoms with Gasteiger partial charge in [0.25, 0.3) is 5.91 Å². The van der Waals surface area contributed by atoms with E-state index in [0.29, 0.717) is 18.3 Å². The molecule has 0 fully saturated rings. The minimum absolute atomic E-state index is 0.0203. The van der Waals surface area contributed by atoms with Gasteiger partial charge in [0, 0.05) is 6.04 Å². The second kappa shape index (κ2) is 8.21. The van der Waals surface area contributed by atoms with Crippen molar-refractivity contribution in [2.75, 3.05) is 0 Å². The lowest BCUT2D eigenvalue weighted by Gasteiger charge is -2.28. The number of ether oxygens (including phenoxy) is 1. The van der Waals surface area contributed by atoms with E-state index in [1.165, 1.54) is 11.1 Å². The second-order valence-corrected chi connectivity index (χ2v) is 6.78. The highest BCUT2D eigenvalue weighted by Gasteiger charge is 2.25. The Hall–Kier alpha value is -1.51. The monoisotopic (exact) mass is 305 g/mol. The van der Waals surface area contributed by atoms with Crippen LogP contribution in [0, 0.1) is 25.7 Å². The van der Waals surface area contributed by atoms with E-state index in [9.17, 15) is 4.79 Å². The summed E-state index contributed by atoms with van der Waals surface area (Å²) in [5, 5.41) is 3.15. The van der Waals surface area contributed by atoms with Crippen LogP contribution in [0.2, 0.25) is 0 Å². The maximum absolute atomic E-state index is 12.5. The van der Waals surface area contributed by atoms with Gasteiger partial charge in [0.2, 0.25) is 0 Å². The maximum atomic E-state index is 12.5. The molecule has 1 atom stereocenters. The topological polar surface area (TPSA) is 38.3 Å². The number of hydrogen-bond acceptors (Lipinski definition) is 2. The van der Waals surface area contributed by atoms with Gasteiger partial charge in [-0.2, -0.15) is 0 Å². The molecule has 0 aromatic heterocycles. The zero-order valence-corrected chi connectivity index (χ0v) is 15.1. The number of rotatable bonds is 7. The van der Waals surface area contributed by atoms with Crippen molar-refractivity contribution in [3.63, 3.8) is 0 Å². The highest BCUT2D eigenvalue weighted by Crippen LogP contribution is 2.19. The first kappa shape index (κ1) is 18.5. The Bertz CT molecular complexity index is 486.